The minimum Gasteiger partial charge on any atom is -0.507 e. The first-order chi connectivity index (χ1) is 25.7. The predicted octanol–water partition coefficient (Wildman–Crippen LogP) is 4.08. The van der Waals surface area contributed by atoms with E-state index < -0.39 is 82.8 Å². The van der Waals surface area contributed by atoms with Gasteiger partial charge >= 0.3 is 11.8 Å². The summed E-state index contributed by atoms with van der Waals surface area (Å²) < 4.78 is 23.7. The zero-order chi connectivity index (χ0) is 40.9. The molecule has 0 radical (unpaired) electrons. The van der Waals surface area contributed by atoms with E-state index in [-0.39, 0.29) is 61.9 Å². The smallest absolute Gasteiger partial charge is 0.312 e. The van der Waals surface area contributed by atoms with Gasteiger partial charge < -0.3 is 44.7 Å². The Morgan fingerprint density at radius 3 is 2.25 bits per heavy atom. The van der Waals surface area contributed by atoms with Crippen LogP contribution in [0.5, 0.6) is 17.2 Å². The molecule has 14 heteroatoms. The lowest BCUT2D eigenvalue weighted by Gasteiger charge is -2.38. The fourth-order valence-electron chi connectivity index (χ4n) is 7.60. The van der Waals surface area contributed by atoms with Crippen LogP contribution in [0.3, 0.4) is 0 Å². The molecule has 5 rings (SSSR count). The van der Waals surface area contributed by atoms with Crippen LogP contribution in [-0.2, 0) is 23.8 Å². The first-order valence-electron chi connectivity index (χ1n) is 18.4. The third kappa shape index (κ3) is 7.59. The van der Waals surface area contributed by atoms with Crippen molar-refractivity contribution in [2.24, 2.45) is 33.7 Å². The van der Waals surface area contributed by atoms with E-state index in [9.17, 15) is 34.8 Å². The van der Waals surface area contributed by atoms with Crippen LogP contribution in [0.4, 0.5) is 5.69 Å². The third-order valence-electron chi connectivity index (χ3n) is 11.0. The van der Waals surface area contributed by atoms with Crippen molar-refractivity contribution in [2.75, 3.05) is 19.0 Å². The molecule has 14 nitrogen and oxygen atoms in total. The van der Waals surface area contributed by atoms with Gasteiger partial charge in [0.25, 0.3) is 11.7 Å². The quantitative estimate of drug-likeness (QED) is 0.217. The normalized spacial score (nSPS) is 33.2. The molecule has 1 amide bonds. The van der Waals surface area contributed by atoms with Crippen LogP contribution in [-0.4, -0.2) is 87.5 Å². The van der Waals surface area contributed by atoms with Crippen LogP contribution >= 0.6 is 0 Å². The monoisotopic (exact) mass is 763 g/mol. The number of carbonyl (C=O) groups excluding carboxylic acids is 3. The molecule has 3 aliphatic heterocycles. The number of nitrogens with one attached hydrogen (secondary N) is 1. The Morgan fingerprint density at radius 1 is 0.945 bits per heavy atom. The summed E-state index contributed by atoms with van der Waals surface area (Å²) in [4.78, 5) is 49.3. The number of aliphatic hydroxyl groups is 2. The number of rotatable bonds is 2. The van der Waals surface area contributed by atoms with E-state index in [4.69, 9.17) is 23.9 Å². The Hall–Kier alpha value is -4.79. The number of aliphatic hydroxyl groups excluding tert-OH is 2. The van der Waals surface area contributed by atoms with E-state index >= 15 is 0 Å². The van der Waals surface area contributed by atoms with E-state index in [0.717, 1.165) is 0 Å². The number of phenols is 2. The summed E-state index contributed by atoms with van der Waals surface area (Å²) in [7, 11) is 1.46. The molecule has 298 valence electrons. The number of allylic oxidation sites excluding steroid dienone is 2. The van der Waals surface area contributed by atoms with Crippen molar-refractivity contribution in [1.82, 2.24) is 0 Å². The summed E-state index contributed by atoms with van der Waals surface area (Å²) in [5.41, 5.74) is -0.00290. The summed E-state index contributed by atoms with van der Waals surface area (Å²) >= 11 is 0. The van der Waals surface area contributed by atoms with Crippen LogP contribution in [0, 0.1) is 30.6 Å². The van der Waals surface area contributed by atoms with E-state index in [1.165, 1.54) is 46.3 Å². The number of esters is 1. The second-order valence-electron chi connectivity index (χ2n) is 15.8. The Kier molecular flexibility index (Phi) is 11.6. The number of aromatic hydroxyl groups is 2. The van der Waals surface area contributed by atoms with Gasteiger partial charge in [0, 0.05) is 61.2 Å². The van der Waals surface area contributed by atoms with Crippen molar-refractivity contribution in [1.29, 1.82) is 0 Å². The highest BCUT2D eigenvalue weighted by Crippen LogP contribution is 2.50. The van der Waals surface area contributed by atoms with Gasteiger partial charge in [0.05, 0.1) is 53.3 Å². The highest BCUT2D eigenvalue weighted by molar-refractivity contribution is 6.21. The molecule has 0 saturated heterocycles. The maximum atomic E-state index is 14.5. The number of fused-ring (bicyclic) bond motifs is 1. The standard InChI is InChI=1S/C41H53N3O11/c1-18-13-12-14-19(2)39(51)43-31-30-29(44-40(8,9)17-42-30)26-27(35(31)49)34(48)23(6)37-28(26)38(50)41(10,55-37)53-16-15-25(52-11)20(3)36(54-24(7)45)22(5)33(47)21(4)32(18)46/h12-16,18,20-22,25,32-33,36,44,46-49H,17H2,1-11H3/b13-12+,16-15+,19-14-,43-31?/t18-,20?,21+,22-,25-,32-,33-,36+,41-/m0/s1. The average Bonchev–Trinajstić information content (AvgIpc) is 3.39. The predicted molar refractivity (Wildman–Crippen MR) is 203 cm³/mol. The van der Waals surface area contributed by atoms with Crippen molar-refractivity contribution in [2.45, 2.75) is 105 Å². The summed E-state index contributed by atoms with van der Waals surface area (Å²) in [6.45, 7) is 16.8. The highest BCUT2D eigenvalue weighted by Gasteiger charge is 2.50. The molecule has 5 N–H and O–H groups in total. The number of anilines is 1. The first-order valence-corrected chi connectivity index (χ1v) is 18.4. The van der Waals surface area contributed by atoms with Gasteiger partial charge in [-0.25, -0.2) is 4.99 Å². The molecular formula is C41H53N3O11. The molecule has 1 unspecified atom stereocenters. The molecule has 9 atom stereocenters. The van der Waals surface area contributed by atoms with E-state index in [1.807, 2.05) is 13.8 Å². The number of amides is 1. The number of benzene rings is 2. The van der Waals surface area contributed by atoms with E-state index in [0.29, 0.717) is 0 Å². The molecule has 0 spiro atoms. The molecule has 2 aromatic carbocycles. The number of hydrogen-bond acceptors (Lipinski definition) is 13. The number of ketones is 1. The third-order valence-corrected chi connectivity index (χ3v) is 11.0. The van der Waals surface area contributed by atoms with Crippen LogP contribution in [0.15, 0.2) is 46.1 Å². The Balaban J connectivity index is 1.76. The number of Topliss-reactive ketones (excluding diaryl/α,β-unsaturated/α-hetero) is 1. The summed E-state index contributed by atoms with van der Waals surface area (Å²) in [5.74, 6) is -7.11. The van der Waals surface area contributed by atoms with Gasteiger partial charge in [-0.3, -0.25) is 19.4 Å². The summed E-state index contributed by atoms with van der Waals surface area (Å²) in [6.07, 6.45) is 3.82. The minimum absolute atomic E-state index is 0.0292. The minimum atomic E-state index is -1.95. The molecule has 0 fully saturated rings. The van der Waals surface area contributed by atoms with Gasteiger partial charge in [0.1, 0.15) is 28.3 Å². The topological polar surface area (TPSA) is 206 Å². The van der Waals surface area contributed by atoms with Crippen molar-refractivity contribution >= 4 is 34.1 Å². The van der Waals surface area contributed by atoms with Crippen molar-refractivity contribution in [3.63, 3.8) is 0 Å². The Labute approximate surface area is 320 Å². The SMILES string of the molecule is CO[C@H]1/C=C/O[C@@]2(C)Oc3c(C)c(O)c4c(O)c(c5c(c4c3C2=O)NC(C)(C)CN=5)=NC(=O)/C(C)=C\C=C\[C@H](C)[C@H](O)[C@@H](C)[C@H](O)[C@H](C)[C@H](OC(C)=O)C1C. The molecule has 55 heavy (non-hydrogen) atoms. The van der Waals surface area contributed by atoms with Crippen molar-refractivity contribution in [3.05, 3.63) is 58.0 Å². The van der Waals surface area contributed by atoms with Crippen LogP contribution in [0.25, 0.3) is 10.8 Å². The van der Waals surface area contributed by atoms with Crippen molar-refractivity contribution in [3.8, 4) is 17.2 Å². The summed E-state index contributed by atoms with van der Waals surface area (Å²) in [6, 6.07) is 0. The lowest BCUT2D eigenvalue weighted by atomic mass is 9.78. The van der Waals surface area contributed by atoms with Crippen LogP contribution in [0.1, 0.15) is 78.2 Å². The first kappa shape index (κ1) is 41.4. The lowest BCUT2D eigenvalue weighted by Crippen LogP contribution is -2.46. The van der Waals surface area contributed by atoms with E-state index in [2.05, 4.69) is 10.3 Å². The highest BCUT2D eigenvalue weighted by atomic mass is 16.7. The number of ether oxygens (including phenoxy) is 4. The summed E-state index contributed by atoms with van der Waals surface area (Å²) in [5, 5.41) is 49.5. The van der Waals surface area contributed by atoms with Gasteiger partial charge in [-0.1, -0.05) is 45.9 Å². The Bertz CT molecular complexity index is 2120. The number of carbonyl (C=O) groups is 3. The number of phenolic OH excluding ortho intramolecular Hbond substituents is 2. The van der Waals surface area contributed by atoms with Gasteiger partial charge in [0.15, 0.2) is 5.75 Å². The van der Waals surface area contributed by atoms with E-state index in [1.54, 1.807) is 46.8 Å². The van der Waals surface area contributed by atoms with Gasteiger partial charge in [-0.2, -0.15) is 0 Å². The number of methoxy groups -OCH3 is 1. The number of nitrogens with zero attached hydrogens (tertiary/aromatic N) is 2. The second-order valence-corrected chi connectivity index (χ2v) is 15.8. The van der Waals surface area contributed by atoms with Crippen molar-refractivity contribution < 1.29 is 53.8 Å². The molecular weight excluding hydrogens is 710 g/mol. The maximum Gasteiger partial charge on any atom is 0.312 e. The fourth-order valence-corrected chi connectivity index (χ4v) is 7.60. The lowest BCUT2D eigenvalue weighted by molar-refractivity contribution is -0.160. The maximum absolute atomic E-state index is 14.5. The molecule has 3 aliphatic rings. The molecule has 0 saturated carbocycles. The van der Waals surface area contributed by atoms with Gasteiger partial charge in [-0.05, 0) is 33.8 Å². The van der Waals surface area contributed by atoms with Gasteiger partial charge in [-0.15, -0.1) is 0 Å². The second kappa shape index (κ2) is 15.4. The Morgan fingerprint density at radius 2 is 1.62 bits per heavy atom. The molecule has 3 heterocycles. The van der Waals surface area contributed by atoms with Gasteiger partial charge in [0.2, 0.25) is 0 Å². The molecule has 0 aromatic heterocycles. The molecule has 2 aromatic rings. The van der Waals surface area contributed by atoms with Crippen LogP contribution < -0.4 is 20.8 Å². The zero-order valence-corrected chi connectivity index (χ0v) is 33.3. The molecule has 4 bridgehead atoms. The largest absolute Gasteiger partial charge is 0.507 e. The zero-order valence-electron chi connectivity index (χ0n) is 33.3. The van der Waals surface area contributed by atoms with Crippen LogP contribution in [0.2, 0.25) is 0 Å². The average molecular weight is 764 g/mol. The molecule has 0 aliphatic carbocycles. The number of hydrogen-bond donors (Lipinski definition) is 5. The fraction of sp³-hybridized carbons (Fsp3) is 0.537.